The van der Waals surface area contributed by atoms with Crippen molar-refractivity contribution in [2.75, 3.05) is 46.5 Å². The Hall–Kier alpha value is -1.14. The maximum atomic E-state index is 12.9. The van der Waals surface area contributed by atoms with Crippen molar-refractivity contribution in [2.45, 2.75) is 26.2 Å². The van der Waals surface area contributed by atoms with Crippen LogP contribution in [0.25, 0.3) is 0 Å². The van der Waals surface area contributed by atoms with E-state index in [2.05, 4.69) is 5.32 Å². The van der Waals surface area contributed by atoms with Crippen molar-refractivity contribution in [3.63, 3.8) is 0 Å². The zero-order chi connectivity index (χ0) is 15.3. The third-order valence-electron chi connectivity index (χ3n) is 4.45. The first kappa shape index (κ1) is 16.2. The van der Waals surface area contributed by atoms with E-state index in [-0.39, 0.29) is 17.8 Å². The molecule has 0 aromatic heterocycles. The monoisotopic (exact) mass is 298 g/mol. The van der Waals surface area contributed by atoms with Crippen LogP contribution >= 0.6 is 0 Å². The number of amides is 1. The van der Waals surface area contributed by atoms with E-state index in [0.717, 1.165) is 32.4 Å². The Morgan fingerprint density at radius 1 is 1.43 bits per heavy atom. The quantitative estimate of drug-likeness (QED) is 0.745. The molecular weight excluding hydrogens is 272 g/mol. The summed E-state index contributed by atoms with van der Waals surface area (Å²) in [5.41, 5.74) is -0.467. The normalized spacial score (nSPS) is 29.4. The van der Waals surface area contributed by atoms with Crippen LogP contribution in [0.5, 0.6) is 0 Å². The van der Waals surface area contributed by atoms with E-state index in [1.807, 2.05) is 4.90 Å². The number of ether oxygens (including phenoxy) is 2. The molecule has 2 aliphatic heterocycles. The molecule has 0 radical (unpaired) electrons. The predicted octanol–water partition coefficient (Wildman–Crippen LogP) is 0.414. The van der Waals surface area contributed by atoms with Gasteiger partial charge in [-0.05, 0) is 32.7 Å². The molecule has 2 aliphatic rings. The number of hydrogen-bond donors (Lipinski definition) is 1. The van der Waals surface area contributed by atoms with E-state index in [1.54, 1.807) is 14.0 Å². The maximum Gasteiger partial charge on any atom is 0.310 e. The first-order chi connectivity index (χ1) is 10.1. The SMILES string of the molecule is CCOC(=O)C1CCCN(C(=O)C2(COC)CCNC2)C1. The van der Waals surface area contributed by atoms with Crippen LogP contribution in [0.4, 0.5) is 0 Å². The highest BCUT2D eigenvalue weighted by Crippen LogP contribution is 2.31. The first-order valence-electron chi connectivity index (χ1n) is 7.78. The summed E-state index contributed by atoms with van der Waals surface area (Å²) in [6.07, 6.45) is 2.45. The fourth-order valence-corrected chi connectivity index (χ4v) is 3.34. The van der Waals surface area contributed by atoms with Crippen molar-refractivity contribution in [2.24, 2.45) is 11.3 Å². The van der Waals surface area contributed by atoms with Gasteiger partial charge in [-0.15, -0.1) is 0 Å². The second kappa shape index (κ2) is 7.22. The summed E-state index contributed by atoms with van der Waals surface area (Å²) in [4.78, 5) is 26.6. The van der Waals surface area contributed by atoms with Crippen LogP contribution < -0.4 is 5.32 Å². The van der Waals surface area contributed by atoms with Gasteiger partial charge in [0, 0.05) is 26.7 Å². The number of rotatable bonds is 5. The second-order valence-electron chi connectivity index (χ2n) is 5.98. The minimum Gasteiger partial charge on any atom is -0.466 e. The summed E-state index contributed by atoms with van der Waals surface area (Å²) < 4.78 is 10.4. The zero-order valence-corrected chi connectivity index (χ0v) is 13.0. The lowest BCUT2D eigenvalue weighted by Crippen LogP contribution is -2.52. The average Bonchev–Trinajstić information content (AvgIpc) is 2.97. The summed E-state index contributed by atoms with van der Waals surface area (Å²) in [7, 11) is 1.63. The average molecular weight is 298 g/mol. The lowest BCUT2D eigenvalue weighted by atomic mass is 9.85. The molecule has 2 saturated heterocycles. The van der Waals surface area contributed by atoms with Gasteiger partial charge in [0.25, 0.3) is 0 Å². The number of methoxy groups -OCH3 is 1. The second-order valence-corrected chi connectivity index (χ2v) is 5.98. The number of nitrogens with one attached hydrogen (secondary N) is 1. The van der Waals surface area contributed by atoms with E-state index < -0.39 is 5.41 Å². The zero-order valence-electron chi connectivity index (χ0n) is 13.0. The number of piperidine rings is 1. The molecule has 2 atom stereocenters. The van der Waals surface area contributed by atoms with Gasteiger partial charge in [0.2, 0.25) is 5.91 Å². The van der Waals surface area contributed by atoms with E-state index in [4.69, 9.17) is 9.47 Å². The Balaban J connectivity index is 2.02. The minimum absolute atomic E-state index is 0.114. The van der Waals surface area contributed by atoms with Crippen molar-refractivity contribution in [3.05, 3.63) is 0 Å². The Morgan fingerprint density at radius 2 is 2.24 bits per heavy atom. The minimum atomic E-state index is -0.467. The molecule has 6 heteroatoms. The third kappa shape index (κ3) is 3.55. The standard InChI is InChI=1S/C15H26N2O4/c1-3-21-13(18)12-5-4-8-17(9-12)14(19)15(11-20-2)6-7-16-10-15/h12,16H,3-11H2,1-2H3. The van der Waals surface area contributed by atoms with Crippen molar-refractivity contribution >= 4 is 11.9 Å². The number of likely N-dealkylation sites (tertiary alicyclic amines) is 1. The van der Waals surface area contributed by atoms with E-state index in [0.29, 0.717) is 26.3 Å². The fraction of sp³-hybridized carbons (Fsp3) is 0.867. The topological polar surface area (TPSA) is 67.9 Å². The molecule has 2 rings (SSSR count). The largest absolute Gasteiger partial charge is 0.466 e. The Morgan fingerprint density at radius 3 is 2.86 bits per heavy atom. The highest BCUT2D eigenvalue weighted by Gasteiger charge is 2.45. The van der Waals surface area contributed by atoms with Crippen LogP contribution in [0.15, 0.2) is 0 Å². The van der Waals surface area contributed by atoms with Gasteiger partial charge >= 0.3 is 5.97 Å². The van der Waals surface area contributed by atoms with Crippen molar-refractivity contribution in [3.8, 4) is 0 Å². The molecule has 1 amide bonds. The van der Waals surface area contributed by atoms with E-state index in [9.17, 15) is 9.59 Å². The summed E-state index contributed by atoms with van der Waals surface area (Å²) >= 11 is 0. The molecule has 21 heavy (non-hydrogen) atoms. The van der Waals surface area contributed by atoms with Crippen LogP contribution in [-0.2, 0) is 19.1 Å². The molecule has 2 heterocycles. The molecule has 0 saturated carbocycles. The highest BCUT2D eigenvalue weighted by atomic mass is 16.5. The van der Waals surface area contributed by atoms with Gasteiger partial charge in [0.1, 0.15) is 0 Å². The Bertz CT molecular complexity index is 380. The molecule has 0 aromatic carbocycles. The number of carbonyl (C=O) groups is 2. The number of carbonyl (C=O) groups excluding carboxylic acids is 2. The van der Waals surface area contributed by atoms with Crippen LogP contribution in [0.3, 0.4) is 0 Å². The molecule has 0 spiro atoms. The Labute approximate surface area is 126 Å². The Kier molecular flexibility index (Phi) is 5.58. The van der Waals surface area contributed by atoms with Gasteiger partial charge in [0.05, 0.1) is 24.5 Å². The van der Waals surface area contributed by atoms with Gasteiger partial charge in [-0.3, -0.25) is 9.59 Å². The molecule has 120 valence electrons. The van der Waals surface area contributed by atoms with Gasteiger partial charge in [-0.2, -0.15) is 0 Å². The highest BCUT2D eigenvalue weighted by molar-refractivity contribution is 5.84. The molecule has 0 bridgehead atoms. The van der Waals surface area contributed by atoms with Crippen LogP contribution in [0.2, 0.25) is 0 Å². The van der Waals surface area contributed by atoms with Crippen LogP contribution in [-0.4, -0.2) is 63.3 Å². The lowest BCUT2D eigenvalue weighted by molar-refractivity contribution is -0.154. The smallest absolute Gasteiger partial charge is 0.310 e. The molecule has 0 aliphatic carbocycles. The molecule has 1 N–H and O–H groups in total. The maximum absolute atomic E-state index is 12.9. The summed E-state index contributed by atoms with van der Waals surface area (Å²) in [5, 5.41) is 3.25. The number of hydrogen-bond acceptors (Lipinski definition) is 5. The number of nitrogens with zero attached hydrogens (tertiary/aromatic N) is 1. The summed E-state index contributed by atoms with van der Waals surface area (Å²) in [6.45, 7) is 5.31. The van der Waals surface area contributed by atoms with E-state index in [1.165, 1.54) is 0 Å². The van der Waals surface area contributed by atoms with Gasteiger partial charge in [-0.1, -0.05) is 0 Å². The number of esters is 1. The van der Waals surface area contributed by atoms with Crippen molar-refractivity contribution in [1.29, 1.82) is 0 Å². The molecule has 2 fully saturated rings. The van der Waals surface area contributed by atoms with E-state index >= 15 is 0 Å². The molecular formula is C15H26N2O4. The predicted molar refractivity (Wildman–Crippen MR) is 77.7 cm³/mol. The summed E-state index contributed by atoms with van der Waals surface area (Å²) in [5.74, 6) is -0.250. The molecule has 2 unspecified atom stereocenters. The van der Waals surface area contributed by atoms with Crippen LogP contribution in [0.1, 0.15) is 26.2 Å². The summed E-state index contributed by atoms with van der Waals surface area (Å²) in [6, 6.07) is 0. The molecule has 0 aromatic rings. The van der Waals surface area contributed by atoms with Crippen molar-refractivity contribution in [1.82, 2.24) is 10.2 Å². The lowest BCUT2D eigenvalue weighted by Gasteiger charge is -2.37. The first-order valence-corrected chi connectivity index (χ1v) is 7.78. The van der Waals surface area contributed by atoms with Gasteiger partial charge < -0.3 is 19.7 Å². The van der Waals surface area contributed by atoms with Crippen LogP contribution in [0, 0.1) is 11.3 Å². The third-order valence-corrected chi connectivity index (χ3v) is 4.45. The fourth-order valence-electron chi connectivity index (χ4n) is 3.34. The van der Waals surface area contributed by atoms with Gasteiger partial charge in [-0.25, -0.2) is 0 Å². The van der Waals surface area contributed by atoms with Crippen molar-refractivity contribution < 1.29 is 19.1 Å². The molecule has 6 nitrogen and oxygen atoms in total. The van der Waals surface area contributed by atoms with Gasteiger partial charge in [0.15, 0.2) is 0 Å².